The summed E-state index contributed by atoms with van der Waals surface area (Å²) in [7, 11) is 0. The number of carbonyl (C=O) groups is 1. The van der Waals surface area contributed by atoms with E-state index in [0.717, 1.165) is 24.1 Å². The molecule has 82 valence electrons. The highest BCUT2D eigenvalue weighted by Crippen LogP contribution is 2.19. The monoisotopic (exact) mass is 207 g/mol. The lowest BCUT2D eigenvalue weighted by Gasteiger charge is -2.09. The van der Waals surface area contributed by atoms with Gasteiger partial charge in [0.15, 0.2) is 0 Å². The summed E-state index contributed by atoms with van der Waals surface area (Å²) in [5.41, 5.74) is 2.32. The molecular formula is C12H17NO2. The van der Waals surface area contributed by atoms with Crippen LogP contribution in [0.15, 0.2) is 18.2 Å². The fourth-order valence-electron chi connectivity index (χ4n) is 1.39. The molecule has 0 fully saturated rings. The van der Waals surface area contributed by atoms with Crippen LogP contribution in [0.2, 0.25) is 0 Å². The Labute approximate surface area is 90.4 Å². The molecule has 1 N–H and O–H groups in total. The van der Waals surface area contributed by atoms with Crippen molar-refractivity contribution in [3.8, 4) is 5.75 Å². The van der Waals surface area contributed by atoms with Crippen molar-refractivity contribution in [2.45, 2.75) is 20.3 Å². The summed E-state index contributed by atoms with van der Waals surface area (Å²) >= 11 is 0. The molecule has 0 aliphatic carbocycles. The van der Waals surface area contributed by atoms with Gasteiger partial charge in [-0.1, -0.05) is 12.1 Å². The number of rotatable bonds is 6. The second-order valence-corrected chi connectivity index (χ2v) is 3.35. The van der Waals surface area contributed by atoms with Crippen LogP contribution in [-0.4, -0.2) is 19.6 Å². The van der Waals surface area contributed by atoms with E-state index >= 15 is 0 Å². The Kier molecular flexibility index (Phi) is 4.68. The Hall–Kier alpha value is -1.51. The van der Waals surface area contributed by atoms with Crippen molar-refractivity contribution in [3.63, 3.8) is 0 Å². The fourth-order valence-corrected chi connectivity index (χ4v) is 1.39. The van der Waals surface area contributed by atoms with Crippen LogP contribution in [0.4, 0.5) is 0 Å². The molecule has 0 heterocycles. The Morgan fingerprint density at radius 1 is 1.47 bits per heavy atom. The molecule has 0 spiro atoms. The summed E-state index contributed by atoms with van der Waals surface area (Å²) < 4.78 is 5.49. The third-order valence-corrected chi connectivity index (χ3v) is 2.19. The standard InChI is InChI=1S/C12H17NO2/c1-3-15-12-8-11(5-4-10(12)2)6-7-13-9-14/h4-5,8-9H,3,6-7H2,1-2H3,(H,13,14). The SMILES string of the molecule is CCOc1cc(CCNC=O)ccc1C. The predicted molar refractivity (Wildman–Crippen MR) is 60.1 cm³/mol. The summed E-state index contributed by atoms with van der Waals surface area (Å²) in [5, 5.41) is 2.64. The Bertz CT molecular complexity index is 323. The van der Waals surface area contributed by atoms with Gasteiger partial charge in [-0.05, 0) is 37.5 Å². The molecule has 3 heteroatoms. The van der Waals surface area contributed by atoms with Crippen LogP contribution in [0.1, 0.15) is 18.1 Å². The summed E-state index contributed by atoms with van der Waals surface area (Å²) in [6, 6.07) is 6.14. The fraction of sp³-hybridized carbons (Fsp3) is 0.417. The first-order valence-corrected chi connectivity index (χ1v) is 5.17. The number of carbonyl (C=O) groups excluding carboxylic acids is 1. The van der Waals surface area contributed by atoms with Crippen molar-refractivity contribution in [2.24, 2.45) is 0 Å². The van der Waals surface area contributed by atoms with E-state index in [0.29, 0.717) is 13.2 Å². The van der Waals surface area contributed by atoms with Gasteiger partial charge in [-0.3, -0.25) is 4.79 Å². The molecule has 0 unspecified atom stereocenters. The number of benzene rings is 1. The Morgan fingerprint density at radius 3 is 2.93 bits per heavy atom. The molecule has 0 atom stereocenters. The highest BCUT2D eigenvalue weighted by molar-refractivity contribution is 5.46. The van der Waals surface area contributed by atoms with Gasteiger partial charge in [0.1, 0.15) is 5.75 Å². The van der Waals surface area contributed by atoms with Gasteiger partial charge in [0.25, 0.3) is 0 Å². The minimum atomic E-state index is 0.665. The van der Waals surface area contributed by atoms with Crippen molar-refractivity contribution in [1.82, 2.24) is 5.32 Å². The van der Waals surface area contributed by atoms with E-state index < -0.39 is 0 Å². The molecule has 1 amide bonds. The summed E-state index contributed by atoms with van der Waals surface area (Å²) in [6.45, 7) is 5.34. The summed E-state index contributed by atoms with van der Waals surface area (Å²) in [6.07, 6.45) is 1.55. The first-order valence-electron chi connectivity index (χ1n) is 5.17. The minimum Gasteiger partial charge on any atom is -0.494 e. The number of hydrogen-bond acceptors (Lipinski definition) is 2. The van der Waals surface area contributed by atoms with Crippen molar-refractivity contribution in [3.05, 3.63) is 29.3 Å². The predicted octanol–water partition coefficient (Wildman–Crippen LogP) is 1.68. The highest BCUT2D eigenvalue weighted by Gasteiger charge is 2.00. The second-order valence-electron chi connectivity index (χ2n) is 3.35. The van der Waals surface area contributed by atoms with Crippen LogP contribution in [0, 0.1) is 6.92 Å². The molecule has 0 radical (unpaired) electrons. The molecule has 0 bridgehead atoms. The molecule has 0 saturated carbocycles. The van der Waals surface area contributed by atoms with Crippen molar-refractivity contribution >= 4 is 6.41 Å². The lowest BCUT2D eigenvalue weighted by molar-refractivity contribution is -0.109. The molecule has 1 aromatic carbocycles. The van der Waals surface area contributed by atoms with Crippen LogP contribution in [0.3, 0.4) is 0 Å². The van der Waals surface area contributed by atoms with Crippen LogP contribution >= 0.6 is 0 Å². The van der Waals surface area contributed by atoms with Crippen LogP contribution < -0.4 is 10.1 Å². The topological polar surface area (TPSA) is 38.3 Å². The average molecular weight is 207 g/mol. The number of nitrogens with one attached hydrogen (secondary N) is 1. The van der Waals surface area contributed by atoms with Gasteiger partial charge in [-0.15, -0.1) is 0 Å². The average Bonchev–Trinajstić information content (AvgIpc) is 2.23. The molecule has 0 saturated heterocycles. The molecule has 0 aliphatic heterocycles. The Morgan fingerprint density at radius 2 is 2.27 bits per heavy atom. The Balaban J connectivity index is 2.64. The van der Waals surface area contributed by atoms with Gasteiger partial charge in [0.2, 0.25) is 6.41 Å². The number of hydrogen-bond donors (Lipinski definition) is 1. The molecule has 0 aliphatic rings. The van der Waals surface area contributed by atoms with E-state index in [1.807, 2.05) is 26.0 Å². The van der Waals surface area contributed by atoms with E-state index in [-0.39, 0.29) is 0 Å². The van der Waals surface area contributed by atoms with Crippen LogP contribution in [0.5, 0.6) is 5.75 Å². The van der Waals surface area contributed by atoms with E-state index in [2.05, 4.69) is 11.4 Å². The van der Waals surface area contributed by atoms with E-state index in [1.54, 1.807) is 0 Å². The summed E-state index contributed by atoms with van der Waals surface area (Å²) in [5.74, 6) is 0.932. The van der Waals surface area contributed by atoms with Crippen molar-refractivity contribution in [2.75, 3.05) is 13.2 Å². The van der Waals surface area contributed by atoms with E-state index in [4.69, 9.17) is 4.74 Å². The zero-order chi connectivity index (χ0) is 11.1. The molecule has 15 heavy (non-hydrogen) atoms. The zero-order valence-electron chi connectivity index (χ0n) is 9.25. The molecule has 0 aromatic heterocycles. The van der Waals surface area contributed by atoms with Gasteiger partial charge in [-0.2, -0.15) is 0 Å². The summed E-state index contributed by atoms with van der Waals surface area (Å²) in [4.78, 5) is 10.1. The first-order chi connectivity index (χ1) is 7.27. The number of aryl methyl sites for hydroxylation is 1. The van der Waals surface area contributed by atoms with Gasteiger partial charge in [-0.25, -0.2) is 0 Å². The maximum Gasteiger partial charge on any atom is 0.207 e. The maximum absolute atomic E-state index is 10.1. The van der Waals surface area contributed by atoms with Gasteiger partial charge < -0.3 is 10.1 Å². The van der Waals surface area contributed by atoms with Crippen LogP contribution in [-0.2, 0) is 11.2 Å². The van der Waals surface area contributed by atoms with E-state index in [1.165, 1.54) is 5.56 Å². The van der Waals surface area contributed by atoms with Gasteiger partial charge >= 0.3 is 0 Å². The van der Waals surface area contributed by atoms with Crippen LogP contribution in [0.25, 0.3) is 0 Å². The minimum absolute atomic E-state index is 0.665. The maximum atomic E-state index is 10.1. The largest absolute Gasteiger partial charge is 0.494 e. The van der Waals surface area contributed by atoms with Crippen molar-refractivity contribution < 1.29 is 9.53 Å². The lowest BCUT2D eigenvalue weighted by Crippen LogP contribution is -2.14. The van der Waals surface area contributed by atoms with Crippen molar-refractivity contribution in [1.29, 1.82) is 0 Å². The molecule has 1 aromatic rings. The first kappa shape index (κ1) is 11.6. The molecule has 3 nitrogen and oxygen atoms in total. The molecule has 1 rings (SSSR count). The highest BCUT2D eigenvalue weighted by atomic mass is 16.5. The quantitative estimate of drug-likeness (QED) is 0.569. The molecular weight excluding hydrogens is 190 g/mol. The zero-order valence-corrected chi connectivity index (χ0v) is 9.25. The second kappa shape index (κ2) is 6.06. The smallest absolute Gasteiger partial charge is 0.207 e. The van der Waals surface area contributed by atoms with Gasteiger partial charge in [0.05, 0.1) is 6.61 Å². The lowest BCUT2D eigenvalue weighted by atomic mass is 10.1. The third-order valence-electron chi connectivity index (χ3n) is 2.19. The number of amides is 1. The third kappa shape index (κ3) is 3.62. The van der Waals surface area contributed by atoms with E-state index in [9.17, 15) is 4.79 Å². The normalized spacial score (nSPS) is 9.73. The van der Waals surface area contributed by atoms with Gasteiger partial charge in [0, 0.05) is 6.54 Å². The number of ether oxygens (including phenoxy) is 1.